The Morgan fingerprint density at radius 1 is 1.14 bits per heavy atom. The summed E-state index contributed by atoms with van der Waals surface area (Å²) in [5.74, 6) is 0.0308. The molecule has 1 saturated heterocycles. The molecule has 2 fully saturated rings. The van der Waals surface area contributed by atoms with Crippen LogP contribution in [0.25, 0.3) is 0 Å². The average molecular weight is 310 g/mol. The molecule has 1 heterocycles. The zero-order chi connectivity index (χ0) is 15.9. The van der Waals surface area contributed by atoms with Gasteiger partial charge < -0.3 is 10.4 Å². The molecule has 0 aromatic heterocycles. The number of carboxylic acids is 1. The Morgan fingerprint density at radius 3 is 2.32 bits per heavy atom. The van der Waals surface area contributed by atoms with Crippen LogP contribution >= 0.6 is 0 Å². The van der Waals surface area contributed by atoms with E-state index in [2.05, 4.69) is 5.32 Å². The molecule has 2 aliphatic rings. The molecule has 126 valence electrons. The van der Waals surface area contributed by atoms with Gasteiger partial charge in [0.25, 0.3) is 0 Å². The Morgan fingerprint density at radius 2 is 1.77 bits per heavy atom. The van der Waals surface area contributed by atoms with Gasteiger partial charge in [0.2, 0.25) is 5.91 Å². The summed E-state index contributed by atoms with van der Waals surface area (Å²) in [7, 11) is 0. The number of piperidine rings is 1. The van der Waals surface area contributed by atoms with Gasteiger partial charge in [0.15, 0.2) is 0 Å². The number of rotatable bonds is 6. The Bertz CT molecular complexity index is 372. The Labute approximate surface area is 133 Å². The van der Waals surface area contributed by atoms with Crippen LogP contribution in [0.3, 0.4) is 0 Å². The number of carbonyl (C=O) groups is 2. The first kappa shape index (κ1) is 17.3. The molecule has 1 aliphatic carbocycles. The highest BCUT2D eigenvalue weighted by Gasteiger charge is 2.29. The van der Waals surface area contributed by atoms with Gasteiger partial charge in [0.1, 0.15) is 6.04 Å². The van der Waals surface area contributed by atoms with Gasteiger partial charge in [-0.15, -0.1) is 0 Å². The number of nitrogens with one attached hydrogen (secondary N) is 1. The monoisotopic (exact) mass is 310 g/mol. The fourth-order valence-corrected chi connectivity index (χ4v) is 3.88. The second-order valence-corrected chi connectivity index (χ2v) is 6.85. The number of hydrogen-bond acceptors (Lipinski definition) is 3. The van der Waals surface area contributed by atoms with Crippen LogP contribution in [0.2, 0.25) is 0 Å². The first-order chi connectivity index (χ1) is 10.6. The highest BCUT2D eigenvalue weighted by Crippen LogP contribution is 2.26. The summed E-state index contributed by atoms with van der Waals surface area (Å²) in [4.78, 5) is 25.4. The van der Waals surface area contributed by atoms with Crippen LogP contribution in [0, 0.1) is 5.92 Å². The van der Waals surface area contributed by atoms with E-state index in [1.165, 1.54) is 32.1 Å². The van der Waals surface area contributed by atoms with Crippen LogP contribution in [0.5, 0.6) is 0 Å². The molecule has 0 aromatic rings. The summed E-state index contributed by atoms with van der Waals surface area (Å²) >= 11 is 0. The average Bonchev–Trinajstić information content (AvgIpc) is 2.50. The molecule has 22 heavy (non-hydrogen) atoms. The van der Waals surface area contributed by atoms with Crippen LogP contribution in [0.4, 0.5) is 0 Å². The number of likely N-dealkylation sites (tertiary alicyclic amines) is 1. The van der Waals surface area contributed by atoms with Crippen molar-refractivity contribution in [2.75, 3.05) is 13.1 Å². The van der Waals surface area contributed by atoms with Crippen LogP contribution in [0.15, 0.2) is 0 Å². The highest BCUT2D eigenvalue weighted by molar-refractivity contribution is 5.76. The van der Waals surface area contributed by atoms with Crippen molar-refractivity contribution < 1.29 is 14.7 Å². The summed E-state index contributed by atoms with van der Waals surface area (Å²) in [6.45, 7) is 3.44. The van der Waals surface area contributed by atoms with Gasteiger partial charge in [-0.2, -0.15) is 0 Å². The standard InChI is InChI=1S/C17H30N2O3/c1-2-15(17(21)22)19-10-8-14(9-11-19)18-16(20)12-13-6-4-3-5-7-13/h13-15H,2-12H2,1H3,(H,18,20)(H,21,22)/t15-/m1/s1. The molecular weight excluding hydrogens is 280 g/mol. The molecule has 5 nitrogen and oxygen atoms in total. The number of hydrogen-bond donors (Lipinski definition) is 2. The van der Waals surface area contributed by atoms with E-state index in [0.717, 1.165) is 25.9 Å². The predicted molar refractivity (Wildman–Crippen MR) is 85.6 cm³/mol. The molecule has 2 N–H and O–H groups in total. The minimum Gasteiger partial charge on any atom is -0.480 e. The van der Waals surface area contributed by atoms with Gasteiger partial charge in [0, 0.05) is 25.6 Å². The van der Waals surface area contributed by atoms with Crippen LogP contribution in [-0.4, -0.2) is 47.1 Å². The van der Waals surface area contributed by atoms with Crippen molar-refractivity contribution in [3.05, 3.63) is 0 Å². The minimum atomic E-state index is -0.734. The second kappa shape index (κ2) is 8.51. The van der Waals surface area contributed by atoms with E-state index in [-0.39, 0.29) is 18.0 Å². The smallest absolute Gasteiger partial charge is 0.320 e. The molecule has 1 saturated carbocycles. The first-order valence-electron chi connectivity index (χ1n) is 8.86. The molecular formula is C17H30N2O3. The summed E-state index contributed by atoms with van der Waals surface area (Å²) in [5, 5.41) is 12.4. The van der Waals surface area contributed by atoms with E-state index in [4.69, 9.17) is 0 Å². The van der Waals surface area contributed by atoms with Crippen molar-refractivity contribution in [3.8, 4) is 0 Å². The summed E-state index contributed by atoms with van der Waals surface area (Å²) in [6.07, 6.45) is 9.28. The summed E-state index contributed by atoms with van der Waals surface area (Å²) < 4.78 is 0. The fraction of sp³-hybridized carbons (Fsp3) is 0.882. The lowest BCUT2D eigenvalue weighted by atomic mass is 9.86. The lowest BCUT2D eigenvalue weighted by Crippen LogP contribution is -2.50. The van der Waals surface area contributed by atoms with E-state index in [1.807, 2.05) is 11.8 Å². The number of carbonyl (C=O) groups excluding carboxylic acids is 1. The highest BCUT2D eigenvalue weighted by atomic mass is 16.4. The lowest BCUT2D eigenvalue weighted by molar-refractivity contribution is -0.144. The number of amides is 1. The third-order valence-electron chi connectivity index (χ3n) is 5.21. The van der Waals surface area contributed by atoms with Gasteiger partial charge in [-0.25, -0.2) is 0 Å². The fourth-order valence-electron chi connectivity index (χ4n) is 3.88. The number of nitrogens with zero attached hydrogens (tertiary/aromatic N) is 1. The Kier molecular flexibility index (Phi) is 6.68. The van der Waals surface area contributed by atoms with Gasteiger partial charge in [0.05, 0.1) is 0 Å². The topological polar surface area (TPSA) is 69.6 Å². The summed E-state index contributed by atoms with van der Waals surface area (Å²) in [5.41, 5.74) is 0. The van der Waals surface area contributed by atoms with E-state index in [0.29, 0.717) is 18.8 Å². The van der Waals surface area contributed by atoms with Crippen molar-refractivity contribution in [2.45, 2.75) is 76.8 Å². The van der Waals surface area contributed by atoms with Crippen LogP contribution in [-0.2, 0) is 9.59 Å². The predicted octanol–water partition coefficient (Wildman–Crippen LogP) is 2.40. The minimum absolute atomic E-state index is 0.190. The van der Waals surface area contributed by atoms with Gasteiger partial charge in [-0.3, -0.25) is 14.5 Å². The lowest BCUT2D eigenvalue weighted by Gasteiger charge is -2.35. The van der Waals surface area contributed by atoms with Crippen molar-refractivity contribution in [1.29, 1.82) is 0 Å². The van der Waals surface area contributed by atoms with Crippen molar-refractivity contribution in [1.82, 2.24) is 10.2 Å². The van der Waals surface area contributed by atoms with E-state index in [1.54, 1.807) is 0 Å². The maximum Gasteiger partial charge on any atom is 0.320 e. The van der Waals surface area contributed by atoms with E-state index < -0.39 is 5.97 Å². The molecule has 0 spiro atoms. The SMILES string of the molecule is CC[C@H](C(=O)O)N1CCC(NC(=O)CC2CCCCC2)CC1. The zero-order valence-electron chi connectivity index (χ0n) is 13.7. The Balaban J connectivity index is 1.70. The van der Waals surface area contributed by atoms with Crippen LogP contribution in [0.1, 0.15) is 64.7 Å². The molecule has 1 amide bonds. The molecule has 1 aliphatic heterocycles. The van der Waals surface area contributed by atoms with E-state index >= 15 is 0 Å². The van der Waals surface area contributed by atoms with Gasteiger partial charge in [-0.05, 0) is 38.0 Å². The quantitative estimate of drug-likeness (QED) is 0.790. The van der Waals surface area contributed by atoms with Crippen LogP contribution < -0.4 is 5.32 Å². The number of aliphatic carboxylic acids is 1. The van der Waals surface area contributed by atoms with Crippen molar-refractivity contribution >= 4 is 11.9 Å². The summed E-state index contributed by atoms with van der Waals surface area (Å²) in [6, 6.07) is -0.155. The molecule has 2 rings (SSSR count). The molecule has 0 aromatic carbocycles. The Hall–Kier alpha value is -1.10. The van der Waals surface area contributed by atoms with Gasteiger partial charge in [-0.1, -0.05) is 26.2 Å². The van der Waals surface area contributed by atoms with Crippen molar-refractivity contribution in [3.63, 3.8) is 0 Å². The molecule has 1 atom stereocenters. The third kappa shape index (κ3) is 4.97. The molecule has 0 radical (unpaired) electrons. The van der Waals surface area contributed by atoms with E-state index in [9.17, 15) is 14.7 Å². The third-order valence-corrected chi connectivity index (χ3v) is 5.21. The first-order valence-corrected chi connectivity index (χ1v) is 8.86. The largest absolute Gasteiger partial charge is 0.480 e. The molecule has 0 bridgehead atoms. The second-order valence-electron chi connectivity index (χ2n) is 6.85. The zero-order valence-corrected chi connectivity index (χ0v) is 13.7. The molecule has 5 heteroatoms. The maximum atomic E-state index is 12.1. The number of carboxylic acid groups (broad SMARTS) is 1. The molecule has 0 unspecified atom stereocenters. The van der Waals surface area contributed by atoms with Gasteiger partial charge >= 0.3 is 5.97 Å². The normalized spacial score (nSPS) is 23.1. The van der Waals surface area contributed by atoms with Crippen molar-refractivity contribution in [2.24, 2.45) is 5.92 Å². The maximum absolute atomic E-state index is 12.1.